The van der Waals surface area contributed by atoms with E-state index in [1.165, 1.54) is 24.5 Å². The van der Waals surface area contributed by atoms with Gasteiger partial charge in [-0.3, -0.25) is 9.78 Å². The Morgan fingerprint density at radius 1 is 1.07 bits per heavy atom. The Hall–Kier alpha value is -3.58. The molecule has 0 aliphatic carbocycles. The summed E-state index contributed by atoms with van der Waals surface area (Å²) in [6, 6.07) is 5.59. The van der Waals surface area contributed by atoms with Crippen molar-refractivity contribution >= 4 is 34.2 Å². The van der Waals surface area contributed by atoms with Gasteiger partial charge in [0.25, 0.3) is 0 Å². The molecular formula is C30H36F4N4O4S. The lowest BCUT2D eigenvalue weighted by atomic mass is 9.99. The van der Waals surface area contributed by atoms with Crippen LogP contribution in [0.3, 0.4) is 0 Å². The fourth-order valence-electron chi connectivity index (χ4n) is 4.21. The Labute approximate surface area is 252 Å². The van der Waals surface area contributed by atoms with Crippen LogP contribution in [0.5, 0.6) is 0 Å². The molecule has 13 heteroatoms. The van der Waals surface area contributed by atoms with Crippen molar-refractivity contribution in [3.8, 4) is 11.3 Å². The molecule has 2 aromatic heterocycles. The molecule has 234 valence electrons. The number of anilines is 2. The highest BCUT2D eigenvalue weighted by Gasteiger charge is 2.35. The quantitative estimate of drug-likeness (QED) is 0.0837. The van der Waals surface area contributed by atoms with Crippen molar-refractivity contribution in [2.45, 2.75) is 77.9 Å². The fraction of sp³-hybridized carbons (Fsp3) is 0.467. The van der Waals surface area contributed by atoms with Crippen molar-refractivity contribution in [3.63, 3.8) is 0 Å². The first-order valence-electron chi connectivity index (χ1n) is 14.1. The van der Waals surface area contributed by atoms with Crippen molar-refractivity contribution < 1.29 is 36.6 Å². The topological polar surface area (TPSA) is 108 Å². The van der Waals surface area contributed by atoms with E-state index in [1.54, 1.807) is 26.0 Å². The standard InChI is InChI=1S/C30H36F4N4O4S/c1-4-5-6-7-8-9-11-20-13-14-22(16-23(20)30(32,33)34)38(29(40)42-18-41-27(39)24(35)19(2)3)28-37-25(26(31)43-28)21-12-10-15-36-17-21/h10,12-17,19,24H,4-9,11,18,35H2,1-3H3. The summed E-state index contributed by atoms with van der Waals surface area (Å²) in [6.45, 7) is 4.63. The normalized spacial score (nSPS) is 12.3. The second-order valence-electron chi connectivity index (χ2n) is 10.3. The number of thiazole rings is 1. The van der Waals surface area contributed by atoms with Crippen molar-refractivity contribution in [3.05, 3.63) is 59.0 Å². The molecule has 0 radical (unpaired) electrons. The maximum atomic E-state index is 15.0. The number of aryl methyl sites for hydroxylation is 1. The molecule has 0 saturated carbocycles. The molecule has 3 rings (SSSR count). The van der Waals surface area contributed by atoms with Gasteiger partial charge in [0.1, 0.15) is 11.7 Å². The molecule has 0 aliphatic heterocycles. The molecule has 0 saturated heterocycles. The minimum absolute atomic E-state index is 0.0815. The molecule has 8 nitrogen and oxygen atoms in total. The van der Waals surface area contributed by atoms with Crippen LogP contribution in [-0.4, -0.2) is 34.9 Å². The summed E-state index contributed by atoms with van der Waals surface area (Å²) in [4.78, 5) is 34.2. The molecule has 1 amide bonds. The Morgan fingerprint density at radius 2 is 1.79 bits per heavy atom. The van der Waals surface area contributed by atoms with Gasteiger partial charge in [-0.05, 0) is 48.6 Å². The van der Waals surface area contributed by atoms with E-state index in [-0.39, 0.29) is 34.4 Å². The Bertz CT molecular complexity index is 1350. The highest BCUT2D eigenvalue weighted by molar-refractivity contribution is 7.14. The van der Waals surface area contributed by atoms with Gasteiger partial charge in [-0.2, -0.15) is 17.6 Å². The van der Waals surface area contributed by atoms with Crippen LogP contribution < -0.4 is 10.6 Å². The van der Waals surface area contributed by atoms with Crippen LogP contribution in [0.15, 0.2) is 42.7 Å². The van der Waals surface area contributed by atoms with Gasteiger partial charge >= 0.3 is 18.2 Å². The zero-order valence-corrected chi connectivity index (χ0v) is 25.1. The van der Waals surface area contributed by atoms with E-state index in [0.29, 0.717) is 28.2 Å². The molecule has 2 heterocycles. The van der Waals surface area contributed by atoms with Gasteiger partial charge in [0, 0.05) is 18.0 Å². The number of carbonyl (C=O) groups is 2. The maximum absolute atomic E-state index is 15.0. The first kappa shape index (κ1) is 33.9. The Morgan fingerprint density at radius 3 is 2.44 bits per heavy atom. The molecule has 1 unspecified atom stereocenters. The smallest absolute Gasteiger partial charge is 0.423 e. The van der Waals surface area contributed by atoms with Gasteiger partial charge in [0.05, 0.1) is 11.3 Å². The van der Waals surface area contributed by atoms with Crippen LogP contribution in [0.4, 0.5) is 33.2 Å². The zero-order chi connectivity index (χ0) is 31.6. The number of aromatic nitrogens is 2. The molecule has 43 heavy (non-hydrogen) atoms. The largest absolute Gasteiger partial charge is 0.427 e. The third-order valence-corrected chi connectivity index (χ3v) is 7.54. The van der Waals surface area contributed by atoms with Crippen LogP contribution in [0, 0.1) is 11.0 Å². The van der Waals surface area contributed by atoms with E-state index in [1.807, 2.05) is 0 Å². The van der Waals surface area contributed by atoms with Crippen molar-refractivity contribution in [1.29, 1.82) is 0 Å². The number of rotatable bonds is 14. The van der Waals surface area contributed by atoms with Crippen LogP contribution >= 0.6 is 11.3 Å². The molecule has 1 aromatic carbocycles. The Kier molecular flexibility index (Phi) is 12.4. The van der Waals surface area contributed by atoms with Gasteiger partial charge in [0.2, 0.25) is 17.1 Å². The number of nitrogens with two attached hydrogens (primary N) is 1. The van der Waals surface area contributed by atoms with Gasteiger partial charge in [-0.15, -0.1) is 0 Å². The van der Waals surface area contributed by atoms with Gasteiger partial charge in [-0.25, -0.2) is 14.7 Å². The van der Waals surface area contributed by atoms with E-state index in [2.05, 4.69) is 16.9 Å². The first-order chi connectivity index (χ1) is 20.4. The number of benzene rings is 1. The van der Waals surface area contributed by atoms with Gasteiger partial charge < -0.3 is 15.2 Å². The lowest BCUT2D eigenvalue weighted by molar-refractivity contribution is -0.154. The predicted octanol–water partition coefficient (Wildman–Crippen LogP) is 8.02. The first-order valence-corrected chi connectivity index (χ1v) is 14.9. The molecular weight excluding hydrogens is 588 g/mol. The molecule has 3 aromatic rings. The molecule has 2 N–H and O–H groups in total. The van der Waals surface area contributed by atoms with E-state index in [4.69, 9.17) is 15.2 Å². The molecule has 0 aliphatic rings. The minimum atomic E-state index is -4.72. The maximum Gasteiger partial charge on any atom is 0.423 e. The molecule has 0 fully saturated rings. The molecule has 0 bridgehead atoms. The van der Waals surface area contributed by atoms with Crippen LogP contribution in [-0.2, 0) is 26.9 Å². The third-order valence-electron chi connectivity index (χ3n) is 6.71. The van der Waals surface area contributed by atoms with Crippen LogP contribution in [0.1, 0.15) is 70.4 Å². The average molecular weight is 625 g/mol. The van der Waals surface area contributed by atoms with E-state index in [0.717, 1.165) is 38.2 Å². The number of hydrogen-bond donors (Lipinski definition) is 1. The van der Waals surface area contributed by atoms with Crippen LogP contribution in [0.2, 0.25) is 0 Å². The second kappa shape index (κ2) is 15.8. The summed E-state index contributed by atoms with van der Waals surface area (Å²) in [6.07, 6.45) is 2.59. The number of unbranched alkanes of at least 4 members (excludes halogenated alkanes) is 5. The van der Waals surface area contributed by atoms with Crippen molar-refractivity contribution in [2.24, 2.45) is 11.7 Å². The summed E-state index contributed by atoms with van der Waals surface area (Å²) in [7, 11) is 0. The monoisotopic (exact) mass is 624 g/mol. The highest BCUT2D eigenvalue weighted by Crippen LogP contribution is 2.40. The minimum Gasteiger partial charge on any atom is -0.427 e. The summed E-state index contributed by atoms with van der Waals surface area (Å²) < 4.78 is 67.6. The van der Waals surface area contributed by atoms with E-state index in [9.17, 15) is 22.8 Å². The Balaban J connectivity index is 1.94. The van der Waals surface area contributed by atoms with Crippen molar-refractivity contribution in [2.75, 3.05) is 11.7 Å². The number of esters is 1. The predicted molar refractivity (Wildman–Crippen MR) is 156 cm³/mol. The zero-order valence-electron chi connectivity index (χ0n) is 24.3. The average Bonchev–Trinajstić information content (AvgIpc) is 3.35. The second-order valence-corrected chi connectivity index (χ2v) is 11.2. The summed E-state index contributed by atoms with van der Waals surface area (Å²) >= 11 is 0.440. The fourth-order valence-corrected chi connectivity index (χ4v) is 5.04. The SMILES string of the molecule is CCCCCCCCc1ccc(N(C(=O)OCOC(=O)C(N)C(C)C)c2nc(-c3cccnc3)c(F)s2)cc1C(F)(F)F. The van der Waals surface area contributed by atoms with Gasteiger partial charge in [-0.1, -0.05) is 70.3 Å². The van der Waals surface area contributed by atoms with E-state index >= 15 is 4.39 Å². The van der Waals surface area contributed by atoms with Gasteiger partial charge in [0.15, 0.2) is 0 Å². The molecule has 1 atom stereocenters. The number of nitrogens with zero attached hydrogens (tertiary/aromatic N) is 3. The lowest BCUT2D eigenvalue weighted by Gasteiger charge is -2.22. The highest BCUT2D eigenvalue weighted by atomic mass is 32.1. The number of halogens is 4. The summed E-state index contributed by atoms with van der Waals surface area (Å²) in [5.41, 5.74) is 4.81. The number of ether oxygens (including phenoxy) is 2. The number of amides is 1. The third kappa shape index (κ3) is 9.45. The number of hydrogen-bond acceptors (Lipinski definition) is 8. The molecule has 0 spiro atoms. The van der Waals surface area contributed by atoms with E-state index < -0.39 is 41.8 Å². The van der Waals surface area contributed by atoms with Crippen molar-refractivity contribution in [1.82, 2.24) is 9.97 Å². The summed E-state index contributed by atoms with van der Waals surface area (Å²) in [5, 5.41) is -1.07. The number of carbonyl (C=O) groups excluding carboxylic acids is 2. The number of alkyl halides is 3. The number of pyridine rings is 1. The lowest BCUT2D eigenvalue weighted by Crippen LogP contribution is -2.38. The van der Waals surface area contributed by atoms with Crippen LogP contribution in [0.25, 0.3) is 11.3 Å². The summed E-state index contributed by atoms with van der Waals surface area (Å²) in [5.74, 6) is -1.08.